The largest absolute Gasteiger partial charge is 0.339 e. The summed E-state index contributed by atoms with van der Waals surface area (Å²) in [5.74, 6) is 1.93. The first-order chi connectivity index (χ1) is 12.4. The van der Waals surface area contributed by atoms with Crippen LogP contribution in [0.5, 0.6) is 0 Å². The molecule has 0 unspecified atom stereocenters. The van der Waals surface area contributed by atoms with Crippen LogP contribution in [0.25, 0.3) is 0 Å². The number of fused-ring (bicyclic) bond motifs is 2. The van der Waals surface area contributed by atoms with Crippen molar-refractivity contribution in [3.63, 3.8) is 0 Å². The lowest BCUT2D eigenvalue weighted by molar-refractivity contribution is 0.0792. The van der Waals surface area contributed by atoms with Crippen LogP contribution < -0.4 is 4.72 Å². The predicted molar refractivity (Wildman–Crippen MR) is 100 cm³/mol. The van der Waals surface area contributed by atoms with Crippen molar-refractivity contribution in [2.75, 3.05) is 13.1 Å². The van der Waals surface area contributed by atoms with E-state index >= 15 is 0 Å². The second kappa shape index (κ2) is 6.97. The third kappa shape index (κ3) is 3.41. The third-order valence-corrected chi connectivity index (χ3v) is 8.16. The summed E-state index contributed by atoms with van der Waals surface area (Å²) < 4.78 is 28.4. The third-order valence-electron chi connectivity index (χ3n) is 6.58. The molecule has 6 heteroatoms. The summed E-state index contributed by atoms with van der Waals surface area (Å²) in [5.41, 5.74) is 0.562. The van der Waals surface area contributed by atoms with Gasteiger partial charge < -0.3 is 4.90 Å². The van der Waals surface area contributed by atoms with Crippen molar-refractivity contribution in [2.24, 2.45) is 17.8 Å². The van der Waals surface area contributed by atoms with Crippen LogP contribution in [0.1, 0.15) is 55.8 Å². The Hall–Kier alpha value is -1.40. The number of carbonyl (C=O) groups excluding carboxylic acids is 1. The smallest absolute Gasteiger partial charge is 0.253 e. The van der Waals surface area contributed by atoms with Crippen LogP contribution in [0.3, 0.4) is 0 Å². The average Bonchev–Trinajstić information content (AvgIpc) is 3.38. The molecule has 0 aromatic heterocycles. The van der Waals surface area contributed by atoms with Crippen molar-refractivity contribution < 1.29 is 13.2 Å². The summed E-state index contributed by atoms with van der Waals surface area (Å²) in [6.07, 6.45) is 7.07. The summed E-state index contributed by atoms with van der Waals surface area (Å²) in [4.78, 5) is 14.5. The van der Waals surface area contributed by atoms with Gasteiger partial charge in [-0.15, -0.1) is 0 Å². The van der Waals surface area contributed by atoms with Gasteiger partial charge in [-0.1, -0.05) is 6.42 Å². The van der Waals surface area contributed by atoms with E-state index in [0.29, 0.717) is 17.4 Å². The number of nitrogens with zero attached hydrogens (tertiary/aromatic N) is 1. The number of sulfonamides is 1. The molecule has 26 heavy (non-hydrogen) atoms. The fourth-order valence-electron chi connectivity index (χ4n) is 5.19. The van der Waals surface area contributed by atoms with Crippen LogP contribution >= 0.6 is 0 Å². The molecule has 2 bridgehead atoms. The Morgan fingerprint density at radius 1 is 1.12 bits per heavy atom. The molecule has 1 aliphatic heterocycles. The second-order valence-corrected chi connectivity index (χ2v) is 9.99. The Balaban J connectivity index is 1.43. The van der Waals surface area contributed by atoms with E-state index in [9.17, 15) is 13.2 Å². The Morgan fingerprint density at radius 2 is 1.81 bits per heavy atom. The van der Waals surface area contributed by atoms with Crippen molar-refractivity contribution in [1.29, 1.82) is 0 Å². The van der Waals surface area contributed by atoms with Gasteiger partial charge in [0.25, 0.3) is 5.91 Å². The topological polar surface area (TPSA) is 66.5 Å². The molecule has 2 aliphatic carbocycles. The molecule has 4 atom stereocenters. The van der Waals surface area contributed by atoms with Gasteiger partial charge in [0.05, 0.1) is 4.90 Å². The zero-order valence-corrected chi connectivity index (χ0v) is 16.2. The average molecular weight is 377 g/mol. The summed E-state index contributed by atoms with van der Waals surface area (Å²) in [6.45, 7) is 3.58. The highest BCUT2D eigenvalue weighted by Gasteiger charge is 2.42. The van der Waals surface area contributed by atoms with Crippen LogP contribution in [0.2, 0.25) is 0 Å². The standard InChI is InChI=1S/C20H28N2O3S/c1-14(19-13-15-4-5-17(19)12-15)21-26(24,25)18-8-6-16(7-9-18)20(23)22-10-2-3-11-22/h6-9,14-15,17,19,21H,2-5,10-13H2,1H3/t14-,15-,17-,19+/m0/s1. The van der Waals surface area contributed by atoms with Gasteiger partial charge in [0.15, 0.2) is 0 Å². The molecule has 1 amide bonds. The molecule has 1 N–H and O–H groups in total. The number of carbonyl (C=O) groups is 1. The molecule has 5 nitrogen and oxygen atoms in total. The SMILES string of the molecule is C[C@H](NS(=O)(=O)c1ccc(C(=O)N2CCCC2)cc1)[C@H]1C[C@H]2CC[C@H]1C2. The van der Waals surface area contributed by atoms with E-state index < -0.39 is 10.0 Å². The van der Waals surface area contributed by atoms with E-state index in [1.54, 1.807) is 24.3 Å². The first-order valence-corrected chi connectivity index (χ1v) is 11.3. The van der Waals surface area contributed by atoms with Gasteiger partial charge in [-0.2, -0.15) is 0 Å². The van der Waals surface area contributed by atoms with Gasteiger partial charge in [-0.25, -0.2) is 13.1 Å². The van der Waals surface area contributed by atoms with Crippen LogP contribution in [-0.2, 0) is 10.0 Å². The van der Waals surface area contributed by atoms with Gasteiger partial charge in [0.2, 0.25) is 10.0 Å². The lowest BCUT2D eigenvalue weighted by Gasteiger charge is -2.28. The van der Waals surface area contributed by atoms with E-state index in [1.165, 1.54) is 19.3 Å². The molecule has 4 rings (SSSR count). The summed E-state index contributed by atoms with van der Waals surface area (Å²) >= 11 is 0. The number of nitrogens with one attached hydrogen (secondary N) is 1. The molecule has 3 fully saturated rings. The van der Waals surface area contributed by atoms with Crippen LogP contribution in [0.15, 0.2) is 29.2 Å². The fraction of sp³-hybridized carbons (Fsp3) is 0.650. The Kier molecular flexibility index (Phi) is 4.82. The maximum Gasteiger partial charge on any atom is 0.253 e. The Bertz CT molecular complexity index is 769. The minimum Gasteiger partial charge on any atom is -0.339 e. The van der Waals surface area contributed by atoms with Crippen LogP contribution in [-0.4, -0.2) is 38.4 Å². The van der Waals surface area contributed by atoms with E-state index in [0.717, 1.165) is 38.3 Å². The van der Waals surface area contributed by atoms with Crippen molar-refractivity contribution in [1.82, 2.24) is 9.62 Å². The molecule has 1 saturated heterocycles. The van der Waals surface area contributed by atoms with Crippen LogP contribution in [0, 0.1) is 17.8 Å². The molecule has 2 saturated carbocycles. The molecule has 142 valence electrons. The maximum atomic E-state index is 12.7. The summed E-state index contributed by atoms with van der Waals surface area (Å²) in [7, 11) is -3.55. The quantitative estimate of drug-likeness (QED) is 0.859. The highest BCUT2D eigenvalue weighted by atomic mass is 32.2. The number of likely N-dealkylation sites (tertiary alicyclic amines) is 1. The molecule has 0 spiro atoms. The van der Waals surface area contributed by atoms with Crippen molar-refractivity contribution in [3.8, 4) is 0 Å². The second-order valence-electron chi connectivity index (χ2n) is 8.27. The molecule has 1 aromatic carbocycles. The molecular formula is C20H28N2O3S. The highest BCUT2D eigenvalue weighted by molar-refractivity contribution is 7.89. The Morgan fingerprint density at radius 3 is 2.38 bits per heavy atom. The minimum absolute atomic E-state index is 0.00486. The molecule has 1 heterocycles. The number of hydrogen-bond donors (Lipinski definition) is 1. The monoisotopic (exact) mass is 376 g/mol. The number of amides is 1. The fourth-order valence-corrected chi connectivity index (χ4v) is 6.48. The number of rotatable bonds is 5. The van der Waals surface area contributed by atoms with Crippen molar-refractivity contribution in [3.05, 3.63) is 29.8 Å². The number of benzene rings is 1. The molecule has 3 aliphatic rings. The van der Waals surface area contributed by atoms with E-state index in [2.05, 4.69) is 4.72 Å². The van der Waals surface area contributed by atoms with Gasteiger partial charge in [-0.05, 0) is 81.0 Å². The van der Waals surface area contributed by atoms with E-state index in [4.69, 9.17) is 0 Å². The first-order valence-electron chi connectivity index (χ1n) is 9.86. The van der Waals surface area contributed by atoms with Crippen molar-refractivity contribution >= 4 is 15.9 Å². The summed E-state index contributed by atoms with van der Waals surface area (Å²) in [5, 5.41) is 0. The summed E-state index contributed by atoms with van der Waals surface area (Å²) in [6, 6.07) is 6.34. The number of hydrogen-bond acceptors (Lipinski definition) is 3. The van der Waals surface area contributed by atoms with Gasteiger partial charge >= 0.3 is 0 Å². The van der Waals surface area contributed by atoms with E-state index in [-0.39, 0.29) is 16.8 Å². The minimum atomic E-state index is -3.55. The maximum absolute atomic E-state index is 12.7. The van der Waals surface area contributed by atoms with Gasteiger partial charge in [0, 0.05) is 24.7 Å². The van der Waals surface area contributed by atoms with Crippen molar-refractivity contribution in [2.45, 2.75) is 56.4 Å². The highest BCUT2D eigenvalue weighted by Crippen LogP contribution is 2.49. The first kappa shape index (κ1) is 18.0. The Labute approximate surface area is 156 Å². The van der Waals surface area contributed by atoms with Gasteiger partial charge in [-0.3, -0.25) is 4.79 Å². The predicted octanol–water partition coefficient (Wildman–Crippen LogP) is 3.03. The zero-order valence-electron chi connectivity index (χ0n) is 15.4. The van der Waals surface area contributed by atoms with E-state index in [1.807, 2.05) is 11.8 Å². The molecule has 1 aromatic rings. The normalized spacial score (nSPS) is 29.3. The van der Waals surface area contributed by atoms with Gasteiger partial charge in [0.1, 0.15) is 0 Å². The lowest BCUT2D eigenvalue weighted by atomic mass is 9.84. The zero-order chi connectivity index (χ0) is 18.3. The lowest BCUT2D eigenvalue weighted by Crippen LogP contribution is -2.40. The molecular weight excluding hydrogens is 348 g/mol. The molecule has 0 radical (unpaired) electrons. The van der Waals surface area contributed by atoms with Crippen LogP contribution in [0.4, 0.5) is 0 Å².